The molecule has 2 aliphatic rings. The van der Waals surface area contributed by atoms with E-state index in [1.165, 1.54) is 11.1 Å². The molecule has 2 aromatic carbocycles. The fraction of sp³-hybridized carbons (Fsp3) is 0.444. The second-order valence-corrected chi connectivity index (χ2v) is 8.85. The Morgan fingerprint density at radius 3 is 2.31 bits per heavy atom. The first-order chi connectivity index (χ1) is 15.7. The van der Waals surface area contributed by atoms with Crippen molar-refractivity contribution in [2.24, 2.45) is 5.92 Å². The van der Waals surface area contributed by atoms with Gasteiger partial charge in [0.1, 0.15) is 5.75 Å². The molecule has 4 rings (SSSR count). The van der Waals surface area contributed by atoms with Gasteiger partial charge in [0, 0.05) is 38.3 Å². The second kappa shape index (κ2) is 11.3. The van der Waals surface area contributed by atoms with Gasteiger partial charge >= 0.3 is 0 Å². The lowest BCUT2D eigenvalue weighted by molar-refractivity contribution is -0.134. The number of carbonyl (C=O) groups is 1. The third kappa shape index (κ3) is 6.21. The minimum atomic E-state index is 0.278. The molecule has 0 saturated carbocycles. The van der Waals surface area contributed by atoms with E-state index in [4.69, 9.17) is 4.74 Å². The molecule has 1 amide bonds. The van der Waals surface area contributed by atoms with E-state index in [2.05, 4.69) is 58.4 Å². The first-order valence-electron chi connectivity index (χ1n) is 11.8. The molecular weight excluding hydrogens is 398 g/mol. The van der Waals surface area contributed by atoms with Gasteiger partial charge in [0.15, 0.2) is 0 Å². The van der Waals surface area contributed by atoms with Crippen LogP contribution in [0.2, 0.25) is 0 Å². The Hall–Kier alpha value is -2.63. The van der Waals surface area contributed by atoms with Gasteiger partial charge < -0.3 is 9.64 Å². The molecule has 0 unspecified atom stereocenters. The fourth-order valence-electron chi connectivity index (χ4n) is 4.64. The normalized spacial score (nSPS) is 18.8. The van der Waals surface area contributed by atoms with Crippen molar-refractivity contribution in [3.05, 3.63) is 71.8 Å². The van der Waals surface area contributed by atoms with Gasteiger partial charge in [-0.1, -0.05) is 60.7 Å². The number of likely N-dealkylation sites (tertiary alicyclic amines) is 1. The van der Waals surface area contributed by atoms with E-state index in [0.29, 0.717) is 12.5 Å². The van der Waals surface area contributed by atoms with E-state index >= 15 is 0 Å². The minimum Gasteiger partial charge on any atom is -0.496 e. The van der Waals surface area contributed by atoms with Crippen molar-refractivity contribution in [2.45, 2.75) is 19.4 Å². The summed E-state index contributed by atoms with van der Waals surface area (Å²) in [6, 6.07) is 18.7. The Kier molecular flexibility index (Phi) is 7.97. The molecule has 5 heteroatoms. The van der Waals surface area contributed by atoms with E-state index < -0.39 is 0 Å². The number of piperidine rings is 1. The van der Waals surface area contributed by atoms with Gasteiger partial charge in [-0.05, 0) is 43.5 Å². The summed E-state index contributed by atoms with van der Waals surface area (Å²) >= 11 is 0. The van der Waals surface area contributed by atoms with Crippen molar-refractivity contribution < 1.29 is 9.53 Å². The molecule has 0 aromatic heterocycles. The summed E-state index contributed by atoms with van der Waals surface area (Å²) in [5.41, 5.74) is 2.47. The zero-order valence-electron chi connectivity index (χ0n) is 19.2. The lowest BCUT2D eigenvalue weighted by Gasteiger charge is -2.37. The zero-order valence-corrected chi connectivity index (χ0v) is 19.2. The molecule has 2 aliphatic heterocycles. The fourth-order valence-corrected chi connectivity index (χ4v) is 4.64. The summed E-state index contributed by atoms with van der Waals surface area (Å²) in [5.74, 6) is 1.83. The molecule has 2 fully saturated rings. The van der Waals surface area contributed by atoms with E-state index in [1.807, 2.05) is 23.1 Å². The number of carbonyl (C=O) groups excluding carboxylic acids is 1. The summed E-state index contributed by atoms with van der Waals surface area (Å²) < 4.78 is 5.48. The molecule has 2 aromatic rings. The highest BCUT2D eigenvalue weighted by Gasteiger charge is 2.25. The maximum Gasteiger partial charge on any atom is 0.236 e. The largest absolute Gasteiger partial charge is 0.496 e. The zero-order chi connectivity index (χ0) is 22.2. The number of allylic oxidation sites excluding steroid dienone is 1. The van der Waals surface area contributed by atoms with E-state index in [-0.39, 0.29) is 5.91 Å². The van der Waals surface area contributed by atoms with Crippen molar-refractivity contribution in [3.8, 4) is 5.75 Å². The number of hydrogen-bond acceptors (Lipinski definition) is 4. The van der Waals surface area contributed by atoms with Crippen LogP contribution in [0.5, 0.6) is 5.75 Å². The van der Waals surface area contributed by atoms with Gasteiger partial charge in [-0.3, -0.25) is 14.6 Å². The molecule has 32 heavy (non-hydrogen) atoms. The van der Waals surface area contributed by atoms with Gasteiger partial charge in [-0.25, -0.2) is 0 Å². The molecule has 0 N–H and O–H groups in total. The number of piperazine rings is 1. The molecule has 0 atom stereocenters. The SMILES string of the molecule is COc1ccccc1CN1CCN(C(=O)CN2CCC(/C=C\c3ccccc3)CC2)CC1. The molecule has 5 nitrogen and oxygen atoms in total. The topological polar surface area (TPSA) is 36.0 Å². The highest BCUT2D eigenvalue weighted by Crippen LogP contribution is 2.21. The van der Waals surface area contributed by atoms with Crippen molar-refractivity contribution in [3.63, 3.8) is 0 Å². The molecule has 2 saturated heterocycles. The van der Waals surface area contributed by atoms with Crippen LogP contribution < -0.4 is 4.74 Å². The van der Waals surface area contributed by atoms with Gasteiger partial charge in [-0.15, -0.1) is 0 Å². The predicted molar refractivity (Wildman–Crippen MR) is 129 cm³/mol. The monoisotopic (exact) mass is 433 g/mol. The van der Waals surface area contributed by atoms with Crippen molar-refractivity contribution in [1.29, 1.82) is 0 Å². The van der Waals surface area contributed by atoms with Crippen LogP contribution >= 0.6 is 0 Å². The standard InChI is InChI=1S/C27H35N3O2/c1-32-26-10-6-5-9-25(26)21-29-17-19-30(20-18-29)27(31)22-28-15-13-24(14-16-28)12-11-23-7-3-2-4-8-23/h2-12,24H,13-22H2,1H3/b12-11-. The summed E-state index contributed by atoms with van der Waals surface area (Å²) in [6.45, 7) is 6.88. The smallest absolute Gasteiger partial charge is 0.236 e. The third-order valence-electron chi connectivity index (χ3n) is 6.66. The number of para-hydroxylation sites is 1. The predicted octanol–water partition coefficient (Wildman–Crippen LogP) is 3.76. The number of rotatable bonds is 7. The summed E-state index contributed by atoms with van der Waals surface area (Å²) in [5, 5.41) is 0. The number of nitrogens with zero attached hydrogens (tertiary/aromatic N) is 3. The van der Waals surface area contributed by atoms with Crippen LogP contribution in [0.3, 0.4) is 0 Å². The second-order valence-electron chi connectivity index (χ2n) is 8.85. The molecule has 0 bridgehead atoms. The van der Waals surface area contributed by atoms with E-state index in [9.17, 15) is 4.79 Å². The Morgan fingerprint density at radius 1 is 0.906 bits per heavy atom. The lowest BCUT2D eigenvalue weighted by Crippen LogP contribution is -2.51. The number of ether oxygens (including phenoxy) is 1. The number of benzene rings is 2. The number of hydrogen-bond donors (Lipinski definition) is 0. The van der Waals surface area contributed by atoms with Crippen molar-refractivity contribution >= 4 is 12.0 Å². The van der Waals surface area contributed by atoms with Crippen LogP contribution in [0.15, 0.2) is 60.7 Å². The first kappa shape index (κ1) is 22.6. The Bertz CT molecular complexity index is 883. The van der Waals surface area contributed by atoms with Crippen LogP contribution in [-0.2, 0) is 11.3 Å². The van der Waals surface area contributed by atoms with E-state index in [0.717, 1.165) is 64.4 Å². The molecule has 170 valence electrons. The first-order valence-corrected chi connectivity index (χ1v) is 11.8. The summed E-state index contributed by atoms with van der Waals surface area (Å²) in [4.78, 5) is 19.6. The third-order valence-corrected chi connectivity index (χ3v) is 6.66. The highest BCUT2D eigenvalue weighted by molar-refractivity contribution is 5.78. The summed E-state index contributed by atoms with van der Waals surface area (Å²) in [7, 11) is 1.72. The average molecular weight is 434 g/mol. The minimum absolute atomic E-state index is 0.278. The molecule has 2 heterocycles. The number of amides is 1. The van der Waals surface area contributed by atoms with Crippen LogP contribution in [0, 0.1) is 5.92 Å². The van der Waals surface area contributed by atoms with Crippen LogP contribution in [0.4, 0.5) is 0 Å². The Balaban J connectivity index is 1.17. The van der Waals surface area contributed by atoms with Gasteiger partial charge in [0.05, 0.1) is 13.7 Å². The molecular formula is C27H35N3O2. The van der Waals surface area contributed by atoms with Crippen LogP contribution in [0.1, 0.15) is 24.0 Å². The summed E-state index contributed by atoms with van der Waals surface area (Å²) in [6.07, 6.45) is 6.83. The Morgan fingerprint density at radius 2 is 1.59 bits per heavy atom. The molecule has 0 spiro atoms. The van der Waals surface area contributed by atoms with Gasteiger partial charge in [-0.2, -0.15) is 0 Å². The Labute approximate surface area is 192 Å². The maximum absolute atomic E-state index is 12.9. The maximum atomic E-state index is 12.9. The average Bonchev–Trinajstić information content (AvgIpc) is 2.85. The number of methoxy groups -OCH3 is 1. The van der Waals surface area contributed by atoms with E-state index in [1.54, 1.807) is 7.11 Å². The molecule has 0 aliphatic carbocycles. The molecule has 0 radical (unpaired) electrons. The van der Waals surface area contributed by atoms with Crippen LogP contribution in [-0.4, -0.2) is 73.5 Å². The van der Waals surface area contributed by atoms with Crippen molar-refractivity contribution in [2.75, 3.05) is 52.9 Å². The van der Waals surface area contributed by atoms with Gasteiger partial charge in [0.25, 0.3) is 0 Å². The van der Waals surface area contributed by atoms with Crippen LogP contribution in [0.25, 0.3) is 6.08 Å². The van der Waals surface area contributed by atoms with Gasteiger partial charge in [0.2, 0.25) is 5.91 Å². The quantitative estimate of drug-likeness (QED) is 0.666. The highest BCUT2D eigenvalue weighted by atomic mass is 16.5. The van der Waals surface area contributed by atoms with Crippen molar-refractivity contribution in [1.82, 2.24) is 14.7 Å². The lowest BCUT2D eigenvalue weighted by atomic mass is 9.95.